The van der Waals surface area contributed by atoms with E-state index in [2.05, 4.69) is 10.3 Å². The second-order valence-electron chi connectivity index (χ2n) is 4.57. The SMILES string of the molecule is CNC(C)(CCCCSc1ccc(Cl)cn1)C(N)=O. The molecular weight excluding hydrogens is 282 g/mol. The van der Waals surface area contributed by atoms with Gasteiger partial charge in [0, 0.05) is 6.20 Å². The Balaban J connectivity index is 2.24. The van der Waals surface area contributed by atoms with Gasteiger partial charge < -0.3 is 11.1 Å². The largest absolute Gasteiger partial charge is 0.368 e. The number of halogens is 1. The number of rotatable bonds is 8. The number of likely N-dealkylation sites (N-methyl/N-ethyl adjacent to an activating group) is 1. The number of primary amides is 1. The fourth-order valence-electron chi connectivity index (χ4n) is 1.58. The van der Waals surface area contributed by atoms with Crippen LogP contribution in [0.4, 0.5) is 0 Å². The van der Waals surface area contributed by atoms with Crippen molar-refractivity contribution in [3.05, 3.63) is 23.4 Å². The molecule has 1 aromatic rings. The minimum atomic E-state index is -0.608. The first kappa shape index (κ1) is 16.3. The van der Waals surface area contributed by atoms with Crippen molar-refractivity contribution in [2.75, 3.05) is 12.8 Å². The quantitative estimate of drug-likeness (QED) is 0.572. The van der Waals surface area contributed by atoms with E-state index in [1.807, 2.05) is 19.1 Å². The first-order valence-corrected chi connectivity index (χ1v) is 7.57. The molecule has 0 aromatic carbocycles. The van der Waals surface area contributed by atoms with Crippen molar-refractivity contribution in [3.8, 4) is 0 Å². The number of pyridine rings is 1. The number of carbonyl (C=O) groups excluding carboxylic acids is 1. The van der Waals surface area contributed by atoms with Gasteiger partial charge in [-0.15, -0.1) is 11.8 Å². The van der Waals surface area contributed by atoms with Crippen molar-refractivity contribution in [1.29, 1.82) is 0 Å². The molecule has 0 radical (unpaired) electrons. The molecule has 0 aliphatic heterocycles. The molecule has 106 valence electrons. The topological polar surface area (TPSA) is 68.0 Å². The Bertz CT molecular complexity index is 413. The molecule has 3 N–H and O–H groups in total. The molecule has 0 aliphatic carbocycles. The van der Waals surface area contributed by atoms with E-state index in [4.69, 9.17) is 17.3 Å². The summed E-state index contributed by atoms with van der Waals surface area (Å²) in [5.74, 6) is 0.662. The van der Waals surface area contributed by atoms with Crippen LogP contribution < -0.4 is 11.1 Å². The first-order chi connectivity index (χ1) is 8.98. The van der Waals surface area contributed by atoms with Crippen molar-refractivity contribution in [1.82, 2.24) is 10.3 Å². The van der Waals surface area contributed by atoms with Crippen LogP contribution in [-0.2, 0) is 4.79 Å². The first-order valence-electron chi connectivity index (χ1n) is 6.21. The Morgan fingerprint density at radius 2 is 2.26 bits per heavy atom. The Kier molecular flexibility index (Phi) is 6.62. The molecule has 0 fully saturated rings. The minimum Gasteiger partial charge on any atom is -0.368 e. The van der Waals surface area contributed by atoms with Gasteiger partial charge in [-0.3, -0.25) is 4.79 Å². The molecule has 1 rings (SSSR count). The molecule has 1 amide bonds. The zero-order valence-electron chi connectivity index (χ0n) is 11.3. The van der Waals surface area contributed by atoms with Gasteiger partial charge in [-0.25, -0.2) is 4.98 Å². The molecule has 0 saturated heterocycles. The zero-order valence-corrected chi connectivity index (χ0v) is 12.9. The summed E-state index contributed by atoms with van der Waals surface area (Å²) in [6.45, 7) is 1.84. The van der Waals surface area contributed by atoms with Crippen molar-refractivity contribution < 1.29 is 4.79 Å². The van der Waals surface area contributed by atoms with Gasteiger partial charge in [-0.2, -0.15) is 0 Å². The molecule has 4 nitrogen and oxygen atoms in total. The van der Waals surface area contributed by atoms with Crippen LogP contribution in [0.2, 0.25) is 5.02 Å². The molecule has 1 unspecified atom stereocenters. The summed E-state index contributed by atoms with van der Waals surface area (Å²) in [5.41, 5.74) is 4.76. The van der Waals surface area contributed by atoms with Crippen molar-refractivity contribution >= 4 is 29.3 Å². The standard InChI is InChI=1S/C13H20ClN3OS/c1-13(16-2,12(15)18)7-3-4-8-19-11-6-5-10(14)9-17-11/h5-6,9,16H,3-4,7-8H2,1-2H3,(H2,15,18). The second-order valence-corrected chi connectivity index (χ2v) is 6.12. The van der Waals surface area contributed by atoms with Crippen molar-refractivity contribution in [3.63, 3.8) is 0 Å². The monoisotopic (exact) mass is 301 g/mol. The molecular formula is C13H20ClN3OS. The number of nitrogens with one attached hydrogen (secondary N) is 1. The normalized spacial score (nSPS) is 14.1. The maximum Gasteiger partial charge on any atom is 0.237 e. The number of aromatic nitrogens is 1. The molecule has 1 aromatic heterocycles. The fourth-order valence-corrected chi connectivity index (χ4v) is 2.54. The van der Waals surface area contributed by atoms with Crippen LogP contribution in [0.5, 0.6) is 0 Å². The van der Waals surface area contributed by atoms with Crippen LogP contribution in [-0.4, -0.2) is 29.2 Å². The van der Waals surface area contributed by atoms with Gasteiger partial charge in [0.2, 0.25) is 5.91 Å². The highest BCUT2D eigenvalue weighted by Gasteiger charge is 2.27. The predicted octanol–water partition coefficient (Wildman–Crippen LogP) is 2.46. The second kappa shape index (κ2) is 7.72. The zero-order chi connectivity index (χ0) is 14.3. The summed E-state index contributed by atoms with van der Waals surface area (Å²) in [6, 6.07) is 3.75. The van der Waals surface area contributed by atoms with E-state index in [-0.39, 0.29) is 5.91 Å². The Labute approximate surface area is 123 Å². The Morgan fingerprint density at radius 3 is 2.79 bits per heavy atom. The van der Waals surface area contributed by atoms with Crippen LogP contribution >= 0.6 is 23.4 Å². The number of hydrogen-bond donors (Lipinski definition) is 2. The lowest BCUT2D eigenvalue weighted by atomic mass is 9.94. The van der Waals surface area contributed by atoms with Crippen LogP contribution in [0.25, 0.3) is 0 Å². The summed E-state index contributed by atoms with van der Waals surface area (Å²) in [6.07, 6.45) is 4.35. The molecule has 0 saturated carbocycles. The maximum absolute atomic E-state index is 11.3. The number of nitrogens with zero attached hydrogens (tertiary/aromatic N) is 1. The van der Waals surface area contributed by atoms with Crippen molar-refractivity contribution in [2.24, 2.45) is 5.73 Å². The van der Waals surface area contributed by atoms with E-state index in [0.717, 1.165) is 30.0 Å². The molecule has 0 bridgehead atoms. The highest BCUT2D eigenvalue weighted by Crippen LogP contribution is 2.20. The van der Waals surface area contributed by atoms with Crippen LogP contribution in [0.3, 0.4) is 0 Å². The lowest BCUT2D eigenvalue weighted by Crippen LogP contribution is -2.51. The van der Waals surface area contributed by atoms with Crippen LogP contribution in [0, 0.1) is 0 Å². The highest BCUT2D eigenvalue weighted by molar-refractivity contribution is 7.99. The lowest BCUT2D eigenvalue weighted by molar-refractivity contribution is -0.123. The van der Waals surface area contributed by atoms with Gasteiger partial charge in [-0.1, -0.05) is 18.0 Å². The average Bonchev–Trinajstić information content (AvgIpc) is 2.40. The molecule has 0 spiro atoms. The number of nitrogens with two attached hydrogens (primary N) is 1. The molecule has 1 heterocycles. The van der Waals surface area contributed by atoms with E-state index in [1.54, 1.807) is 25.0 Å². The van der Waals surface area contributed by atoms with Gasteiger partial charge in [0.15, 0.2) is 0 Å². The summed E-state index contributed by atoms with van der Waals surface area (Å²) < 4.78 is 0. The van der Waals surface area contributed by atoms with Gasteiger partial charge in [-0.05, 0) is 44.7 Å². The number of amides is 1. The van der Waals surface area contributed by atoms with Crippen LogP contribution in [0.1, 0.15) is 26.2 Å². The predicted molar refractivity (Wildman–Crippen MR) is 80.5 cm³/mol. The average molecular weight is 302 g/mol. The smallest absolute Gasteiger partial charge is 0.237 e. The number of thioether (sulfide) groups is 1. The van der Waals surface area contributed by atoms with E-state index >= 15 is 0 Å². The summed E-state index contributed by atoms with van der Waals surface area (Å²) in [5, 5.41) is 4.60. The van der Waals surface area contributed by atoms with E-state index < -0.39 is 5.54 Å². The fraction of sp³-hybridized carbons (Fsp3) is 0.538. The third kappa shape index (κ3) is 5.38. The molecule has 0 aliphatic rings. The van der Waals surface area contributed by atoms with Gasteiger partial charge in [0.25, 0.3) is 0 Å². The minimum absolute atomic E-state index is 0.304. The number of carbonyl (C=O) groups is 1. The number of hydrogen-bond acceptors (Lipinski definition) is 4. The third-order valence-corrected chi connectivity index (χ3v) is 4.37. The van der Waals surface area contributed by atoms with E-state index in [0.29, 0.717) is 5.02 Å². The summed E-state index contributed by atoms with van der Waals surface area (Å²) in [7, 11) is 1.76. The van der Waals surface area contributed by atoms with Crippen LogP contribution in [0.15, 0.2) is 23.4 Å². The summed E-state index contributed by atoms with van der Waals surface area (Å²) in [4.78, 5) is 15.5. The molecule has 1 atom stereocenters. The molecule has 6 heteroatoms. The molecule has 19 heavy (non-hydrogen) atoms. The third-order valence-electron chi connectivity index (χ3n) is 3.12. The van der Waals surface area contributed by atoms with Gasteiger partial charge in [0.05, 0.1) is 15.6 Å². The lowest BCUT2D eigenvalue weighted by Gasteiger charge is -2.25. The summed E-state index contributed by atoms with van der Waals surface area (Å²) >= 11 is 7.46. The Hall–Kier alpha value is -0.780. The Morgan fingerprint density at radius 1 is 1.53 bits per heavy atom. The van der Waals surface area contributed by atoms with E-state index in [1.165, 1.54) is 0 Å². The van der Waals surface area contributed by atoms with Crippen molar-refractivity contribution in [2.45, 2.75) is 36.8 Å². The highest BCUT2D eigenvalue weighted by atomic mass is 35.5. The van der Waals surface area contributed by atoms with Gasteiger partial charge in [0.1, 0.15) is 0 Å². The van der Waals surface area contributed by atoms with Gasteiger partial charge >= 0.3 is 0 Å². The van der Waals surface area contributed by atoms with E-state index in [9.17, 15) is 4.79 Å². The number of unbranched alkanes of at least 4 members (excludes halogenated alkanes) is 1. The maximum atomic E-state index is 11.3.